The molecule has 0 aliphatic carbocycles. The fraction of sp³-hybridized carbons (Fsp3) is 0.632. The lowest BCUT2D eigenvalue weighted by molar-refractivity contribution is -0.0321. The molecule has 2 heterocycles. The van der Waals surface area contributed by atoms with Gasteiger partial charge in [0.1, 0.15) is 5.75 Å². The maximum atomic E-state index is 6.14. The molecule has 1 saturated heterocycles. The van der Waals surface area contributed by atoms with Crippen molar-refractivity contribution < 1.29 is 9.47 Å². The van der Waals surface area contributed by atoms with E-state index in [0.717, 1.165) is 43.7 Å². The highest BCUT2D eigenvalue weighted by molar-refractivity contribution is 5.78. The highest BCUT2D eigenvalue weighted by Crippen LogP contribution is 2.31. The summed E-state index contributed by atoms with van der Waals surface area (Å²) in [5, 5.41) is 3.37. The molecule has 2 aliphatic heterocycles. The Bertz CT molecular complexity index is 573. The molecule has 3 atom stereocenters. The molecule has 1 aromatic carbocycles. The van der Waals surface area contributed by atoms with Crippen LogP contribution in [0.3, 0.4) is 0 Å². The zero-order valence-electron chi connectivity index (χ0n) is 14.7. The van der Waals surface area contributed by atoms with Gasteiger partial charge in [0.15, 0.2) is 5.96 Å². The second-order valence-corrected chi connectivity index (χ2v) is 7.14. The predicted molar refractivity (Wildman–Crippen MR) is 96.2 cm³/mol. The lowest BCUT2D eigenvalue weighted by Gasteiger charge is -2.31. The largest absolute Gasteiger partial charge is 0.493 e. The smallest absolute Gasteiger partial charge is 0.189 e. The molecule has 1 aromatic rings. The van der Waals surface area contributed by atoms with E-state index in [1.807, 2.05) is 18.2 Å². The summed E-state index contributed by atoms with van der Waals surface area (Å²) in [5.74, 6) is 2.60. The molecule has 0 spiro atoms. The maximum Gasteiger partial charge on any atom is 0.189 e. The van der Waals surface area contributed by atoms with E-state index < -0.39 is 0 Å². The average Bonchev–Trinajstić information content (AvgIpc) is 2.60. The molecular formula is C19H29N3O2. The number of fused-ring (bicyclic) bond motifs is 1. The molecule has 5 heteroatoms. The zero-order chi connectivity index (χ0) is 16.9. The summed E-state index contributed by atoms with van der Waals surface area (Å²) in [5.41, 5.74) is 7.30. The Balaban J connectivity index is 1.55. The van der Waals surface area contributed by atoms with Gasteiger partial charge in [-0.25, -0.2) is 0 Å². The van der Waals surface area contributed by atoms with Crippen molar-refractivity contribution in [1.82, 2.24) is 5.32 Å². The minimum absolute atomic E-state index is 0.178. The molecule has 5 nitrogen and oxygen atoms in total. The normalized spacial score (nSPS) is 27.5. The van der Waals surface area contributed by atoms with Gasteiger partial charge in [-0.1, -0.05) is 32.0 Å². The van der Waals surface area contributed by atoms with Gasteiger partial charge in [0.25, 0.3) is 0 Å². The van der Waals surface area contributed by atoms with Crippen molar-refractivity contribution >= 4 is 5.96 Å². The van der Waals surface area contributed by atoms with E-state index in [2.05, 4.69) is 30.2 Å². The Morgan fingerprint density at radius 3 is 2.96 bits per heavy atom. The number of para-hydroxylation sites is 1. The third-order valence-corrected chi connectivity index (χ3v) is 4.97. The number of rotatable bonds is 4. The summed E-state index contributed by atoms with van der Waals surface area (Å²) < 4.78 is 11.5. The Morgan fingerprint density at radius 1 is 1.29 bits per heavy atom. The number of nitrogens with one attached hydrogen (secondary N) is 1. The van der Waals surface area contributed by atoms with Crippen molar-refractivity contribution in [3.8, 4) is 5.75 Å². The van der Waals surface area contributed by atoms with E-state index in [1.54, 1.807) is 0 Å². The van der Waals surface area contributed by atoms with Crippen LogP contribution in [0.5, 0.6) is 5.75 Å². The summed E-state index contributed by atoms with van der Waals surface area (Å²) >= 11 is 0. The van der Waals surface area contributed by atoms with E-state index in [0.29, 0.717) is 30.5 Å². The summed E-state index contributed by atoms with van der Waals surface area (Å²) in [7, 11) is 0. The molecule has 24 heavy (non-hydrogen) atoms. The SMILES string of the molecule is CC(C)C1CC(CN=C(N)NC2CCOc3ccccc32)CCO1. The van der Waals surface area contributed by atoms with Crippen molar-refractivity contribution in [2.75, 3.05) is 19.8 Å². The van der Waals surface area contributed by atoms with Gasteiger partial charge in [-0.05, 0) is 30.7 Å². The molecule has 3 N–H and O–H groups in total. The van der Waals surface area contributed by atoms with Gasteiger partial charge in [0.05, 0.1) is 18.8 Å². The number of ether oxygens (including phenoxy) is 2. The second kappa shape index (κ2) is 7.88. The standard InChI is InChI=1S/C19H29N3O2/c1-13(2)18-11-14(7-9-24-18)12-21-19(20)22-16-8-10-23-17-6-4-3-5-15(16)17/h3-6,13-14,16,18H,7-12H2,1-2H3,(H3,20,21,22). The van der Waals surface area contributed by atoms with Crippen LogP contribution in [0.15, 0.2) is 29.3 Å². The first kappa shape index (κ1) is 17.1. The maximum absolute atomic E-state index is 6.14. The van der Waals surface area contributed by atoms with E-state index in [1.165, 1.54) is 0 Å². The third-order valence-electron chi connectivity index (χ3n) is 4.97. The van der Waals surface area contributed by atoms with Crippen LogP contribution in [-0.4, -0.2) is 31.8 Å². The van der Waals surface area contributed by atoms with Gasteiger partial charge < -0.3 is 20.5 Å². The van der Waals surface area contributed by atoms with Gasteiger partial charge in [-0.3, -0.25) is 4.99 Å². The van der Waals surface area contributed by atoms with Crippen molar-refractivity contribution in [3.05, 3.63) is 29.8 Å². The number of benzene rings is 1. The molecule has 0 radical (unpaired) electrons. The van der Waals surface area contributed by atoms with E-state index >= 15 is 0 Å². The fourth-order valence-electron chi connectivity index (χ4n) is 3.47. The Hall–Kier alpha value is -1.75. The third kappa shape index (κ3) is 4.20. The number of hydrogen-bond acceptors (Lipinski definition) is 3. The molecule has 132 valence electrons. The van der Waals surface area contributed by atoms with Crippen LogP contribution in [0.1, 0.15) is 44.7 Å². The average molecular weight is 331 g/mol. The van der Waals surface area contributed by atoms with Crippen LogP contribution in [0.4, 0.5) is 0 Å². The Labute approximate surface area is 144 Å². The van der Waals surface area contributed by atoms with Crippen LogP contribution < -0.4 is 15.8 Å². The molecule has 0 amide bonds. The lowest BCUT2D eigenvalue weighted by Crippen LogP contribution is -2.38. The zero-order valence-corrected chi connectivity index (χ0v) is 14.7. The number of nitrogens with zero attached hydrogens (tertiary/aromatic N) is 1. The number of hydrogen-bond donors (Lipinski definition) is 2. The van der Waals surface area contributed by atoms with Crippen LogP contribution >= 0.6 is 0 Å². The van der Waals surface area contributed by atoms with Gasteiger partial charge in [0, 0.05) is 25.1 Å². The van der Waals surface area contributed by atoms with E-state index in [4.69, 9.17) is 15.2 Å². The monoisotopic (exact) mass is 331 g/mol. The van der Waals surface area contributed by atoms with Crippen LogP contribution in [0.25, 0.3) is 0 Å². The molecule has 0 bridgehead atoms. The van der Waals surface area contributed by atoms with Crippen molar-refractivity contribution in [2.24, 2.45) is 22.6 Å². The topological polar surface area (TPSA) is 68.9 Å². The summed E-state index contributed by atoms with van der Waals surface area (Å²) in [4.78, 5) is 4.60. The fourth-order valence-corrected chi connectivity index (χ4v) is 3.47. The summed E-state index contributed by atoms with van der Waals surface area (Å²) in [6.45, 7) is 6.75. The minimum atomic E-state index is 0.178. The Kier molecular flexibility index (Phi) is 5.61. The number of guanidine groups is 1. The second-order valence-electron chi connectivity index (χ2n) is 7.14. The van der Waals surface area contributed by atoms with Crippen LogP contribution in [0.2, 0.25) is 0 Å². The summed E-state index contributed by atoms with van der Waals surface area (Å²) in [6, 6.07) is 8.30. The minimum Gasteiger partial charge on any atom is -0.493 e. The first-order chi connectivity index (χ1) is 11.6. The molecule has 3 rings (SSSR count). The van der Waals surface area contributed by atoms with Crippen LogP contribution in [-0.2, 0) is 4.74 Å². The van der Waals surface area contributed by atoms with Gasteiger partial charge in [-0.2, -0.15) is 0 Å². The molecule has 0 aromatic heterocycles. The van der Waals surface area contributed by atoms with Gasteiger partial charge in [-0.15, -0.1) is 0 Å². The number of nitrogens with two attached hydrogens (primary N) is 1. The molecule has 3 unspecified atom stereocenters. The highest BCUT2D eigenvalue weighted by atomic mass is 16.5. The van der Waals surface area contributed by atoms with Gasteiger partial charge >= 0.3 is 0 Å². The van der Waals surface area contributed by atoms with Crippen molar-refractivity contribution in [3.63, 3.8) is 0 Å². The first-order valence-corrected chi connectivity index (χ1v) is 9.03. The quantitative estimate of drug-likeness (QED) is 0.657. The molecular weight excluding hydrogens is 302 g/mol. The molecule has 2 aliphatic rings. The Morgan fingerprint density at radius 2 is 2.12 bits per heavy atom. The van der Waals surface area contributed by atoms with Gasteiger partial charge in [0.2, 0.25) is 0 Å². The first-order valence-electron chi connectivity index (χ1n) is 9.03. The van der Waals surface area contributed by atoms with Crippen LogP contribution in [0, 0.1) is 11.8 Å². The number of aliphatic imine (C=N–C) groups is 1. The summed E-state index contributed by atoms with van der Waals surface area (Å²) in [6.07, 6.45) is 3.41. The van der Waals surface area contributed by atoms with E-state index in [9.17, 15) is 0 Å². The van der Waals surface area contributed by atoms with Crippen molar-refractivity contribution in [1.29, 1.82) is 0 Å². The predicted octanol–water partition coefficient (Wildman–Crippen LogP) is 2.87. The molecule has 0 saturated carbocycles. The lowest BCUT2D eigenvalue weighted by atomic mass is 9.90. The van der Waals surface area contributed by atoms with Crippen molar-refractivity contribution in [2.45, 2.75) is 45.3 Å². The molecule has 1 fully saturated rings. The van der Waals surface area contributed by atoms with E-state index in [-0.39, 0.29) is 6.04 Å². The highest BCUT2D eigenvalue weighted by Gasteiger charge is 2.25.